The zero-order chi connectivity index (χ0) is 18.2. The van der Waals surface area contributed by atoms with Gasteiger partial charge in [0, 0.05) is 6.54 Å². The number of aryl methyl sites for hydroxylation is 2. The van der Waals surface area contributed by atoms with E-state index in [-0.39, 0.29) is 6.61 Å². The van der Waals surface area contributed by atoms with E-state index in [1.807, 2.05) is 30.3 Å². The second-order valence-electron chi connectivity index (χ2n) is 6.45. The minimum atomic E-state index is -0.525. The molecule has 140 valence electrons. The zero-order valence-corrected chi connectivity index (χ0v) is 15.1. The first-order valence-electron chi connectivity index (χ1n) is 8.94. The van der Waals surface area contributed by atoms with Crippen LogP contribution in [0.1, 0.15) is 11.1 Å². The van der Waals surface area contributed by atoms with Crippen molar-refractivity contribution in [1.82, 2.24) is 15.8 Å². The van der Waals surface area contributed by atoms with E-state index in [2.05, 4.69) is 34.0 Å². The summed E-state index contributed by atoms with van der Waals surface area (Å²) in [4.78, 5) is 2.09. The lowest BCUT2D eigenvalue weighted by atomic mass is 10.0. The maximum Gasteiger partial charge on any atom is 0.122 e. The number of aliphatic hydroxyl groups excluding tert-OH is 1. The summed E-state index contributed by atoms with van der Waals surface area (Å²) in [6.45, 7) is 2.32. The fourth-order valence-corrected chi connectivity index (χ4v) is 3.02. The van der Waals surface area contributed by atoms with Gasteiger partial charge in [0.15, 0.2) is 0 Å². The van der Waals surface area contributed by atoms with Crippen LogP contribution in [0, 0.1) is 0 Å². The molecule has 6 nitrogen and oxygen atoms in total. The topological polar surface area (TPSA) is 66.0 Å². The van der Waals surface area contributed by atoms with Gasteiger partial charge in [-0.05, 0) is 42.2 Å². The Bertz CT molecular complexity index is 690. The third-order valence-corrected chi connectivity index (χ3v) is 4.42. The van der Waals surface area contributed by atoms with Crippen LogP contribution in [0.5, 0.6) is 11.5 Å². The number of β-amino-alcohol motifs (C(OH)–C–C–N with tert-alkyl or cyclic N) is 1. The normalized spacial score (nSPS) is 15.8. The van der Waals surface area contributed by atoms with Gasteiger partial charge in [0.2, 0.25) is 0 Å². The molecule has 3 N–H and O–H groups in total. The molecular weight excluding hydrogens is 330 g/mol. The number of methoxy groups -OCH3 is 1. The van der Waals surface area contributed by atoms with E-state index in [1.54, 1.807) is 7.11 Å². The SMILES string of the molecule is COc1cccc(CCc2ccccc2OC[C@@H](O)CN2CNNC2)c1. The van der Waals surface area contributed by atoms with Gasteiger partial charge in [0.1, 0.15) is 24.2 Å². The highest BCUT2D eigenvalue weighted by atomic mass is 16.5. The lowest BCUT2D eigenvalue weighted by molar-refractivity contribution is 0.0744. The molecular formula is C20H27N3O3. The highest BCUT2D eigenvalue weighted by molar-refractivity contribution is 5.35. The molecule has 1 atom stereocenters. The van der Waals surface area contributed by atoms with Crippen LogP contribution in [0.15, 0.2) is 48.5 Å². The van der Waals surface area contributed by atoms with Crippen LogP contribution in [-0.2, 0) is 12.8 Å². The van der Waals surface area contributed by atoms with E-state index in [9.17, 15) is 5.11 Å². The van der Waals surface area contributed by atoms with Crippen LogP contribution in [0.4, 0.5) is 0 Å². The van der Waals surface area contributed by atoms with Gasteiger partial charge in [-0.1, -0.05) is 30.3 Å². The third-order valence-electron chi connectivity index (χ3n) is 4.42. The standard InChI is InChI=1S/C20H27N3O3/c1-25-19-7-4-5-16(11-19)9-10-17-6-2-3-8-20(17)26-13-18(24)12-23-14-21-22-15-23/h2-8,11,18,21-22,24H,9-10,12-15H2,1H3/t18-/m0/s1. The Balaban J connectivity index is 1.53. The maximum absolute atomic E-state index is 10.2. The van der Waals surface area contributed by atoms with E-state index < -0.39 is 6.10 Å². The number of benzene rings is 2. The summed E-state index contributed by atoms with van der Waals surface area (Å²) < 4.78 is 11.2. The minimum Gasteiger partial charge on any atom is -0.497 e. The van der Waals surface area contributed by atoms with Crippen LogP contribution >= 0.6 is 0 Å². The van der Waals surface area contributed by atoms with E-state index in [4.69, 9.17) is 9.47 Å². The molecule has 0 saturated carbocycles. The monoisotopic (exact) mass is 357 g/mol. The van der Waals surface area contributed by atoms with Crippen molar-refractivity contribution < 1.29 is 14.6 Å². The fourth-order valence-electron chi connectivity index (χ4n) is 3.02. The van der Waals surface area contributed by atoms with Crippen LogP contribution < -0.4 is 20.3 Å². The van der Waals surface area contributed by atoms with Crippen molar-refractivity contribution in [2.24, 2.45) is 0 Å². The van der Waals surface area contributed by atoms with E-state index in [0.717, 1.165) is 43.2 Å². The van der Waals surface area contributed by atoms with Crippen molar-refractivity contribution in [3.8, 4) is 11.5 Å². The molecule has 1 heterocycles. The smallest absolute Gasteiger partial charge is 0.122 e. The van der Waals surface area contributed by atoms with Gasteiger partial charge in [-0.15, -0.1) is 0 Å². The molecule has 0 amide bonds. The molecule has 0 spiro atoms. The minimum absolute atomic E-state index is 0.284. The molecule has 2 aromatic carbocycles. The largest absolute Gasteiger partial charge is 0.497 e. The van der Waals surface area contributed by atoms with Crippen LogP contribution in [0.3, 0.4) is 0 Å². The van der Waals surface area contributed by atoms with E-state index in [1.165, 1.54) is 5.56 Å². The van der Waals surface area contributed by atoms with E-state index in [0.29, 0.717) is 6.54 Å². The number of hydrazine groups is 1. The second kappa shape index (κ2) is 9.54. The lowest BCUT2D eigenvalue weighted by Crippen LogP contribution is -2.35. The van der Waals surface area contributed by atoms with Gasteiger partial charge in [-0.2, -0.15) is 0 Å². The fraction of sp³-hybridized carbons (Fsp3) is 0.400. The molecule has 0 aromatic heterocycles. The number of nitrogens with one attached hydrogen (secondary N) is 2. The predicted octanol–water partition coefficient (Wildman–Crippen LogP) is 1.54. The van der Waals surface area contributed by atoms with Crippen LogP contribution in [-0.4, -0.2) is 49.7 Å². The first-order chi connectivity index (χ1) is 12.7. The number of ether oxygens (including phenoxy) is 2. The summed E-state index contributed by atoms with van der Waals surface area (Å²) in [7, 11) is 1.68. The van der Waals surface area contributed by atoms with Crippen molar-refractivity contribution in [2.45, 2.75) is 18.9 Å². The molecule has 2 aromatic rings. The van der Waals surface area contributed by atoms with Crippen molar-refractivity contribution in [1.29, 1.82) is 0 Å². The Morgan fingerprint density at radius 2 is 1.88 bits per heavy atom. The number of rotatable bonds is 9. The van der Waals surface area contributed by atoms with Gasteiger partial charge < -0.3 is 14.6 Å². The Hall–Kier alpha value is -2.12. The second-order valence-corrected chi connectivity index (χ2v) is 6.45. The highest BCUT2D eigenvalue weighted by Crippen LogP contribution is 2.21. The van der Waals surface area contributed by atoms with Crippen molar-refractivity contribution in [2.75, 3.05) is 33.6 Å². The van der Waals surface area contributed by atoms with E-state index >= 15 is 0 Å². The molecule has 0 bridgehead atoms. The summed E-state index contributed by atoms with van der Waals surface area (Å²) >= 11 is 0. The van der Waals surface area contributed by atoms with Gasteiger partial charge >= 0.3 is 0 Å². The molecule has 0 radical (unpaired) electrons. The van der Waals surface area contributed by atoms with Crippen molar-refractivity contribution in [3.05, 3.63) is 59.7 Å². The summed E-state index contributed by atoms with van der Waals surface area (Å²) in [6, 6.07) is 16.2. The molecule has 6 heteroatoms. The quantitative estimate of drug-likeness (QED) is 0.633. The molecule has 1 aliphatic rings. The summed E-state index contributed by atoms with van der Waals surface area (Å²) in [5.41, 5.74) is 8.41. The summed E-state index contributed by atoms with van der Waals surface area (Å²) in [5.74, 6) is 1.72. The lowest BCUT2D eigenvalue weighted by Gasteiger charge is -2.19. The summed E-state index contributed by atoms with van der Waals surface area (Å²) in [5, 5.41) is 10.2. The number of aliphatic hydroxyl groups is 1. The van der Waals surface area contributed by atoms with Gasteiger partial charge in [0.25, 0.3) is 0 Å². The molecule has 3 rings (SSSR count). The van der Waals surface area contributed by atoms with Crippen LogP contribution in [0.25, 0.3) is 0 Å². The molecule has 1 saturated heterocycles. The first kappa shape index (κ1) is 18.7. The van der Waals surface area contributed by atoms with Gasteiger partial charge in [-0.25, -0.2) is 10.9 Å². The Kier molecular flexibility index (Phi) is 6.85. The highest BCUT2D eigenvalue weighted by Gasteiger charge is 2.16. The number of para-hydroxylation sites is 1. The zero-order valence-electron chi connectivity index (χ0n) is 15.1. The molecule has 0 aliphatic carbocycles. The molecule has 0 unspecified atom stereocenters. The molecule has 26 heavy (non-hydrogen) atoms. The average Bonchev–Trinajstić information content (AvgIpc) is 3.18. The average molecular weight is 357 g/mol. The number of hydrogen-bond donors (Lipinski definition) is 3. The predicted molar refractivity (Wildman–Crippen MR) is 101 cm³/mol. The third kappa shape index (κ3) is 5.44. The van der Waals surface area contributed by atoms with Crippen molar-refractivity contribution in [3.63, 3.8) is 0 Å². The Morgan fingerprint density at radius 1 is 1.08 bits per heavy atom. The van der Waals surface area contributed by atoms with Crippen LogP contribution in [0.2, 0.25) is 0 Å². The maximum atomic E-state index is 10.2. The molecule has 1 aliphatic heterocycles. The Labute approximate surface area is 154 Å². The van der Waals surface area contributed by atoms with Gasteiger partial charge in [0.05, 0.1) is 20.4 Å². The first-order valence-corrected chi connectivity index (χ1v) is 8.94. The molecule has 1 fully saturated rings. The van der Waals surface area contributed by atoms with Gasteiger partial charge in [-0.3, -0.25) is 4.90 Å². The summed E-state index contributed by atoms with van der Waals surface area (Å²) in [6.07, 6.45) is 1.26. The number of nitrogens with zero attached hydrogens (tertiary/aromatic N) is 1. The van der Waals surface area contributed by atoms with Crippen molar-refractivity contribution >= 4 is 0 Å². The number of hydrogen-bond acceptors (Lipinski definition) is 6. The Morgan fingerprint density at radius 3 is 2.69 bits per heavy atom.